The Bertz CT molecular complexity index is 479. The standard InChI is InChI=1S/C14H17F3N2O2/c15-14(16,17)13(21)18-12-8-19(7-11(12)9-20)6-10-4-2-1-3-5-10/h1-5,11-12,20H,6-9H2,(H,18,21)/t11?,12-/m0/s1. The summed E-state index contributed by atoms with van der Waals surface area (Å²) < 4.78 is 36.9. The van der Waals surface area contributed by atoms with Crippen molar-refractivity contribution in [2.45, 2.75) is 18.8 Å². The van der Waals surface area contributed by atoms with Crippen LogP contribution in [0.2, 0.25) is 0 Å². The number of benzene rings is 1. The second kappa shape index (κ2) is 6.44. The van der Waals surface area contributed by atoms with Gasteiger partial charge in [0.15, 0.2) is 0 Å². The highest BCUT2D eigenvalue weighted by Gasteiger charge is 2.42. The summed E-state index contributed by atoms with van der Waals surface area (Å²) in [5.74, 6) is -2.34. The van der Waals surface area contributed by atoms with E-state index in [4.69, 9.17) is 0 Å². The Morgan fingerprint density at radius 3 is 2.52 bits per heavy atom. The lowest BCUT2D eigenvalue weighted by Gasteiger charge is -2.19. The van der Waals surface area contributed by atoms with Crippen LogP contribution in [0.15, 0.2) is 30.3 Å². The number of amides is 1. The molecule has 2 rings (SSSR count). The SMILES string of the molecule is O=C(N[C@H]1CN(Cc2ccccc2)CC1CO)C(F)(F)F. The monoisotopic (exact) mass is 302 g/mol. The topological polar surface area (TPSA) is 52.6 Å². The first-order chi connectivity index (χ1) is 9.90. The molecule has 0 radical (unpaired) electrons. The predicted octanol–water partition coefficient (Wildman–Crippen LogP) is 1.16. The van der Waals surface area contributed by atoms with E-state index in [1.807, 2.05) is 40.5 Å². The molecule has 1 fully saturated rings. The molecule has 1 saturated heterocycles. The smallest absolute Gasteiger partial charge is 0.396 e. The molecule has 2 atom stereocenters. The molecule has 116 valence electrons. The summed E-state index contributed by atoms with van der Waals surface area (Å²) >= 11 is 0. The van der Waals surface area contributed by atoms with Gasteiger partial charge in [-0.05, 0) is 5.56 Å². The third-order valence-corrected chi connectivity index (χ3v) is 3.57. The van der Waals surface area contributed by atoms with Crippen molar-refractivity contribution in [2.75, 3.05) is 19.7 Å². The van der Waals surface area contributed by atoms with E-state index in [9.17, 15) is 23.1 Å². The van der Waals surface area contributed by atoms with Crippen LogP contribution in [0.5, 0.6) is 0 Å². The number of carbonyl (C=O) groups excluding carboxylic acids is 1. The van der Waals surface area contributed by atoms with E-state index in [2.05, 4.69) is 0 Å². The fraction of sp³-hybridized carbons (Fsp3) is 0.500. The lowest BCUT2D eigenvalue weighted by atomic mass is 10.1. The van der Waals surface area contributed by atoms with Gasteiger partial charge in [-0.25, -0.2) is 0 Å². The molecule has 2 N–H and O–H groups in total. The molecular weight excluding hydrogens is 285 g/mol. The molecule has 0 bridgehead atoms. The molecule has 1 aromatic carbocycles. The molecule has 21 heavy (non-hydrogen) atoms. The first-order valence-corrected chi connectivity index (χ1v) is 6.65. The Morgan fingerprint density at radius 2 is 1.95 bits per heavy atom. The van der Waals surface area contributed by atoms with Crippen LogP contribution in [0.1, 0.15) is 5.56 Å². The normalized spacial score (nSPS) is 23.2. The van der Waals surface area contributed by atoms with Crippen molar-refractivity contribution in [3.8, 4) is 0 Å². The van der Waals surface area contributed by atoms with Gasteiger partial charge in [-0.2, -0.15) is 13.2 Å². The van der Waals surface area contributed by atoms with E-state index >= 15 is 0 Å². The van der Waals surface area contributed by atoms with E-state index in [1.165, 1.54) is 0 Å². The molecule has 1 aliphatic heterocycles. The second-order valence-corrected chi connectivity index (χ2v) is 5.20. The van der Waals surface area contributed by atoms with Crippen LogP contribution in [-0.4, -0.2) is 47.8 Å². The number of nitrogens with zero attached hydrogens (tertiary/aromatic N) is 1. The van der Waals surface area contributed by atoms with Crippen LogP contribution < -0.4 is 5.32 Å². The molecule has 1 amide bonds. The number of rotatable bonds is 4. The first kappa shape index (κ1) is 15.8. The molecular formula is C14H17F3N2O2. The second-order valence-electron chi connectivity index (χ2n) is 5.20. The van der Waals surface area contributed by atoms with Gasteiger partial charge >= 0.3 is 12.1 Å². The fourth-order valence-corrected chi connectivity index (χ4v) is 2.53. The summed E-state index contributed by atoms with van der Waals surface area (Å²) in [5.41, 5.74) is 1.04. The quantitative estimate of drug-likeness (QED) is 0.877. The Balaban J connectivity index is 1.96. The van der Waals surface area contributed by atoms with Crippen molar-refractivity contribution in [3.05, 3.63) is 35.9 Å². The Hall–Kier alpha value is -1.60. The number of alkyl halides is 3. The highest BCUT2D eigenvalue weighted by molar-refractivity contribution is 5.82. The Labute approximate surface area is 120 Å². The van der Waals surface area contributed by atoms with E-state index < -0.39 is 18.1 Å². The summed E-state index contributed by atoms with van der Waals surface area (Å²) in [5, 5.41) is 11.2. The molecule has 1 aromatic rings. The zero-order valence-electron chi connectivity index (χ0n) is 11.3. The summed E-state index contributed by atoms with van der Waals surface area (Å²) in [6.07, 6.45) is -4.90. The zero-order chi connectivity index (χ0) is 15.5. The molecule has 0 aliphatic carbocycles. The highest BCUT2D eigenvalue weighted by atomic mass is 19.4. The van der Waals surface area contributed by atoms with Gasteiger partial charge in [0, 0.05) is 38.2 Å². The zero-order valence-corrected chi connectivity index (χ0v) is 11.3. The number of carbonyl (C=O) groups is 1. The van der Waals surface area contributed by atoms with E-state index in [0.29, 0.717) is 19.6 Å². The molecule has 1 aliphatic rings. The van der Waals surface area contributed by atoms with Crippen LogP contribution in [-0.2, 0) is 11.3 Å². The third kappa shape index (κ3) is 4.18. The number of nitrogens with one attached hydrogen (secondary N) is 1. The average Bonchev–Trinajstić information content (AvgIpc) is 2.80. The Kier molecular flexibility index (Phi) is 4.84. The minimum atomic E-state index is -4.90. The van der Waals surface area contributed by atoms with Gasteiger partial charge in [-0.3, -0.25) is 9.69 Å². The highest BCUT2D eigenvalue weighted by Crippen LogP contribution is 2.21. The number of aliphatic hydroxyl groups excluding tert-OH is 1. The largest absolute Gasteiger partial charge is 0.471 e. The van der Waals surface area contributed by atoms with Gasteiger partial charge in [0.1, 0.15) is 0 Å². The molecule has 0 spiro atoms. The van der Waals surface area contributed by atoms with Gasteiger partial charge in [0.05, 0.1) is 0 Å². The van der Waals surface area contributed by atoms with Gasteiger partial charge < -0.3 is 10.4 Å². The summed E-state index contributed by atoms with van der Waals surface area (Å²) in [6.45, 7) is 1.07. The molecule has 7 heteroatoms. The van der Waals surface area contributed by atoms with E-state index in [1.54, 1.807) is 0 Å². The van der Waals surface area contributed by atoms with E-state index in [0.717, 1.165) is 5.56 Å². The van der Waals surface area contributed by atoms with Crippen LogP contribution in [0.4, 0.5) is 13.2 Å². The lowest BCUT2D eigenvalue weighted by molar-refractivity contribution is -0.174. The first-order valence-electron chi connectivity index (χ1n) is 6.65. The molecule has 0 saturated carbocycles. The summed E-state index contributed by atoms with van der Waals surface area (Å²) in [7, 11) is 0. The minimum absolute atomic E-state index is 0.256. The molecule has 4 nitrogen and oxygen atoms in total. The maximum Gasteiger partial charge on any atom is 0.471 e. The van der Waals surface area contributed by atoms with Crippen molar-refractivity contribution in [2.24, 2.45) is 5.92 Å². The van der Waals surface area contributed by atoms with Crippen LogP contribution >= 0.6 is 0 Å². The van der Waals surface area contributed by atoms with Crippen molar-refractivity contribution in [3.63, 3.8) is 0 Å². The van der Waals surface area contributed by atoms with Crippen molar-refractivity contribution < 1.29 is 23.1 Å². The van der Waals surface area contributed by atoms with Crippen molar-refractivity contribution >= 4 is 5.91 Å². The van der Waals surface area contributed by atoms with Gasteiger partial charge in [0.25, 0.3) is 0 Å². The minimum Gasteiger partial charge on any atom is -0.396 e. The molecule has 1 heterocycles. The van der Waals surface area contributed by atoms with Crippen LogP contribution in [0, 0.1) is 5.92 Å². The van der Waals surface area contributed by atoms with E-state index in [-0.39, 0.29) is 12.5 Å². The number of likely N-dealkylation sites (tertiary alicyclic amines) is 1. The molecule has 1 unspecified atom stereocenters. The van der Waals surface area contributed by atoms with Crippen molar-refractivity contribution in [1.29, 1.82) is 0 Å². The van der Waals surface area contributed by atoms with Crippen LogP contribution in [0.3, 0.4) is 0 Å². The van der Waals surface area contributed by atoms with Gasteiger partial charge in [-0.15, -0.1) is 0 Å². The maximum absolute atomic E-state index is 12.3. The maximum atomic E-state index is 12.3. The number of aliphatic hydroxyl groups is 1. The summed E-state index contributed by atoms with van der Waals surface area (Å²) in [6, 6.07) is 8.82. The van der Waals surface area contributed by atoms with Gasteiger partial charge in [-0.1, -0.05) is 30.3 Å². The number of hydrogen-bond donors (Lipinski definition) is 2. The fourth-order valence-electron chi connectivity index (χ4n) is 2.53. The average molecular weight is 302 g/mol. The van der Waals surface area contributed by atoms with Crippen LogP contribution in [0.25, 0.3) is 0 Å². The van der Waals surface area contributed by atoms with Crippen molar-refractivity contribution in [1.82, 2.24) is 10.2 Å². The third-order valence-electron chi connectivity index (χ3n) is 3.57. The molecule has 0 aromatic heterocycles. The van der Waals surface area contributed by atoms with Gasteiger partial charge in [0.2, 0.25) is 0 Å². The number of hydrogen-bond acceptors (Lipinski definition) is 3. The predicted molar refractivity (Wildman–Crippen MR) is 70.3 cm³/mol. The lowest BCUT2D eigenvalue weighted by Crippen LogP contribution is -2.47. The summed E-state index contributed by atoms with van der Waals surface area (Å²) in [4.78, 5) is 12.9. The number of halogens is 3. The Morgan fingerprint density at radius 1 is 1.29 bits per heavy atom.